The predicted octanol–water partition coefficient (Wildman–Crippen LogP) is 3.49. The lowest BCUT2D eigenvalue weighted by Crippen LogP contribution is -2.35. The number of amides is 1. The Hall–Kier alpha value is -2.64. The molecule has 7 heteroatoms. The highest BCUT2D eigenvalue weighted by atomic mass is 32.2. The molecule has 0 unspecified atom stereocenters. The molecule has 2 heterocycles. The Morgan fingerprint density at radius 2 is 1.45 bits per heavy atom. The maximum absolute atomic E-state index is 12.7. The van der Waals surface area contributed by atoms with Gasteiger partial charge in [0.1, 0.15) is 0 Å². The van der Waals surface area contributed by atoms with Crippen molar-refractivity contribution < 1.29 is 13.2 Å². The van der Waals surface area contributed by atoms with Crippen LogP contribution in [0.25, 0.3) is 0 Å². The van der Waals surface area contributed by atoms with Crippen LogP contribution in [0.4, 0.5) is 11.4 Å². The molecule has 6 nitrogen and oxygen atoms in total. The van der Waals surface area contributed by atoms with Gasteiger partial charge in [-0.2, -0.15) is 4.31 Å². The van der Waals surface area contributed by atoms with Gasteiger partial charge in [-0.25, -0.2) is 8.42 Å². The fourth-order valence-electron chi connectivity index (χ4n) is 3.68. The number of benzene rings is 2. The number of anilines is 2. The number of piperidine rings is 1. The van der Waals surface area contributed by atoms with Crippen molar-refractivity contribution >= 4 is 27.3 Å². The second-order valence-electron chi connectivity index (χ2n) is 7.37. The number of hydrogen-bond donors (Lipinski definition) is 1. The third-order valence-electron chi connectivity index (χ3n) is 5.38. The fourth-order valence-corrected chi connectivity index (χ4v) is 5.20. The van der Waals surface area contributed by atoms with Crippen LogP contribution < -0.4 is 10.2 Å². The molecule has 0 aromatic heterocycles. The molecule has 2 aromatic rings. The van der Waals surface area contributed by atoms with E-state index in [1.165, 1.54) is 0 Å². The average molecular weight is 412 g/mol. The first-order valence-corrected chi connectivity index (χ1v) is 11.4. The molecule has 2 aromatic carbocycles. The molecule has 0 atom stereocenters. The van der Waals surface area contributed by atoms with Gasteiger partial charge in [0.15, 0.2) is 0 Å². The molecule has 152 valence electrons. The molecular weight excluding hydrogens is 386 g/mol. The summed E-state index contributed by atoms with van der Waals surface area (Å²) in [6.07, 6.45) is 7.12. The van der Waals surface area contributed by atoms with Gasteiger partial charge in [0.25, 0.3) is 5.91 Å². The van der Waals surface area contributed by atoms with Crippen molar-refractivity contribution in [2.24, 2.45) is 0 Å². The third-order valence-corrected chi connectivity index (χ3v) is 7.29. The van der Waals surface area contributed by atoms with Gasteiger partial charge < -0.3 is 10.2 Å². The summed E-state index contributed by atoms with van der Waals surface area (Å²) in [6, 6.07) is 13.9. The Kier molecular flexibility index (Phi) is 5.69. The lowest BCUT2D eigenvalue weighted by Gasteiger charge is -2.25. The zero-order chi connectivity index (χ0) is 20.3. The van der Waals surface area contributed by atoms with Crippen molar-refractivity contribution in [3.05, 3.63) is 66.2 Å². The Bertz CT molecular complexity index is 985. The largest absolute Gasteiger partial charge is 0.364 e. The Morgan fingerprint density at radius 1 is 0.828 bits per heavy atom. The van der Waals surface area contributed by atoms with Crippen molar-refractivity contribution in [2.45, 2.75) is 24.2 Å². The van der Waals surface area contributed by atoms with Crippen LogP contribution in [0.3, 0.4) is 0 Å². The van der Waals surface area contributed by atoms with Gasteiger partial charge in [-0.1, -0.05) is 18.6 Å². The summed E-state index contributed by atoms with van der Waals surface area (Å²) in [7, 11) is -3.46. The Morgan fingerprint density at radius 3 is 2.07 bits per heavy atom. The van der Waals surface area contributed by atoms with Gasteiger partial charge in [-0.15, -0.1) is 0 Å². The summed E-state index contributed by atoms with van der Waals surface area (Å²) in [5.41, 5.74) is 2.21. The number of rotatable bonds is 5. The Labute approximate surface area is 171 Å². The molecular formula is C22H25N3O3S. The van der Waals surface area contributed by atoms with Crippen LogP contribution in [0.5, 0.6) is 0 Å². The molecule has 0 aliphatic carbocycles. The van der Waals surface area contributed by atoms with E-state index in [4.69, 9.17) is 0 Å². The van der Waals surface area contributed by atoms with E-state index in [1.807, 2.05) is 12.1 Å². The molecule has 1 amide bonds. The minimum Gasteiger partial charge on any atom is -0.364 e. The number of carbonyl (C=O) groups is 1. The zero-order valence-corrected chi connectivity index (χ0v) is 17.1. The minimum atomic E-state index is -3.46. The number of nitrogens with zero attached hydrogens (tertiary/aromatic N) is 2. The highest BCUT2D eigenvalue weighted by molar-refractivity contribution is 7.89. The molecule has 0 saturated carbocycles. The molecule has 1 fully saturated rings. The third kappa shape index (κ3) is 4.36. The quantitative estimate of drug-likeness (QED) is 0.765. The first kappa shape index (κ1) is 19.7. The van der Waals surface area contributed by atoms with E-state index < -0.39 is 10.0 Å². The first-order valence-electron chi connectivity index (χ1n) is 9.96. The summed E-state index contributed by atoms with van der Waals surface area (Å²) >= 11 is 0. The summed E-state index contributed by atoms with van der Waals surface area (Å²) in [5.74, 6) is -0.220. The summed E-state index contributed by atoms with van der Waals surface area (Å²) in [5, 5.41) is 2.83. The van der Waals surface area contributed by atoms with Gasteiger partial charge in [0.2, 0.25) is 10.0 Å². The highest BCUT2D eigenvalue weighted by Crippen LogP contribution is 2.23. The van der Waals surface area contributed by atoms with E-state index in [9.17, 15) is 13.2 Å². The zero-order valence-electron chi connectivity index (χ0n) is 16.3. The van der Waals surface area contributed by atoms with Crippen LogP contribution >= 0.6 is 0 Å². The summed E-state index contributed by atoms with van der Waals surface area (Å²) in [4.78, 5) is 15.0. The molecule has 4 rings (SSSR count). The van der Waals surface area contributed by atoms with Crippen LogP contribution in [-0.2, 0) is 10.0 Å². The second kappa shape index (κ2) is 8.39. The van der Waals surface area contributed by atoms with Crippen molar-refractivity contribution in [1.82, 2.24) is 4.31 Å². The van der Waals surface area contributed by atoms with E-state index in [0.717, 1.165) is 38.0 Å². The van der Waals surface area contributed by atoms with Crippen LogP contribution in [0.15, 0.2) is 65.6 Å². The van der Waals surface area contributed by atoms with Crippen LogP contribution in [0, 0.1) is 0 Å². The van der Waals surface area contributed by atoms with Crippen LogP contribution in [0.2, 0.25) is 0 Å². The molecule has 0 radical (unpaired) electrons. The fraction of sp³-hybridized carbons (Fsp3) is 0.318. The standard InChI is InChI=1S/C22H25N3O3S/c26-22(18-6-10-20(11-7-18)24-14-4-5-15-24)23-19-8-12-21(13-9-19)29(27,28)25-16-2-1-3-17-25/h4-13H,1-3,14-17H2,(H,23,26). The van der Waals surface area contributed by atoms with Crippen LogP contribution in [-0.4, -0.2) is 44.8 Å². The van der Waals surface area contributed by atoms with Gasteiger partial charge >= 0.3 is 0 Å². The average Bonchev–Trinajstić information content (AvgIpc) is 3.30. The molecule has 0 spiro atoms. The van der Waals surface area contributed by atoms with Gasteiger partial charge in [-0.3, -0.25) is 4.79 Å². The van der Waals surface area contributed by atoms with Gasteiger partial charge in [0, 0.05) is 43.1 Å². The maximum atomic E-state index is 12.7. The highest BCUT2D eigenvalue weighted by Gasteiger charge is 2.25. The van der Waals surface area contributed by atoms with E-state index in [-0.39, 0.29) is 10.8 Å². The van der Waals surface area contributed by atoms with Crippen LogP contribution in [0.1, 0.15) is 29.6 Å². The summed E-state index contributed by atoms with van der Waals surface area (Å²) < 4.78 is 27.0. The summed E-state index contributed by atoms with van der Waals surface area (Å²) in [6.45, 7) is 2.92. The van der Waals surface area contributed by atoms with Crippen molar-refractivity contribution in [2.75, 3.05) is 36.4 Å². The molecule has 0 bridgehead atoms. The van der Waals surface area contributed by atoms with E-state index in [0.29, 0.717) is 24.3 Å². The topological polar surface area (TPSA) is 69.7 Å². The molecule has 29 heavy (non-hydrogen) atoms. The van der Waals surface area contributed by atoms with Crippen molar-refractivity contribution in [3.63, 3.8) is 0 Å². The number of sulfonamides is 1. The molecule has 1 saturated heterocycles. The lowest BCUT2D eigenvalue weighted by atomic mass is 10.1. The minimum absolute atomic E-state index is 0.220. The number of nitrogens with one attached hydrogen (secondary N) is 1. The second-order valence-corrected chi connectivity index (χ2v) is 9.30. The SMILES string of the molecule is O=C(Nc1ccc(S(=O)(=O)N2CCCCC2)cc1)c1ccc(N2CC=CC2)cc1. The van der Waals surface area contributed by atoms with E-state index in [1.54, 1.807) is 40.7 Å². The predicted molar refractivity (Wildman–Crippen MR) is 115 cm³/mol. The first-order chi connectivity index (χ1) is 14.0. The normalized spacial score (nSPS) is 17.4. The smallest absolute Gasteiger partial charge is 0.255 e. The van der Waals surface area contributed by atoms with Crippen molar-refractivity contribution in [1.29, 1.82) is 0 Å². The maximum Gasteiger partial charge on any atom is 0.255 e. The monoisotopic (exact) mass is 411 g/mol. The van der Waals surface area contributed by atoms with Gasteiger partial charge in [0.05, 0.1) is 4.90 Å². The Balaban J connectivity index is 1.41. The number of hydrogen-bond acceptors (Lipinski definition) is 4. The molecule has 1 N–H and O–H groups in total. The molecule has 2 aliphatic heterocycles. The van der Waals surface area contributed by atoms with Crippen molar-refractivity contribution in [3.8, 4) is 0 Å². The van der Waals surface area contributed by atoms with E-state index >= 15 is 0 Å². The lowest BCUT2D eigenvalue weighted by molar-refractivity contribution is 0.102. The van der Waals surface area contributed by atoms with Gasteiger partial charge in [-0.05, 0) is 61.4 Å². The van der Waals surface area contributed by atoms with E-state index in [2.05, 4.69) is 22.4 Å². The molecule has 2 aliphatic rings. The number of carbonyl (C=O) groups excluding carboxylic acids is 1.